The molecule has 0 radical (unpaired) electrons. The van der Waals surface area contributed by atoms with Gasteiger partial charge in [0, 0.05) is 6.07 Å². The molecule has 0 fully saturated rings. The van der Waals surface area contributed by atoms with Gasteiger partial charge in [-0.15, -0.1) is 0 Å². The number of fused-ring (bicyclic) bond motifs is 2. The van der Waals surface area contributed by atoms with Crippen molar-refractivity contribution < 1.29 is 13.6 Å². The first-order chi connectivity index (χ1) is 12.1. The molecule has 0 aliphatic carbocycles. The molecule has 0 aliphatic heterocycles. The minimum absolute atomic E-state index is 0.0619. The van der Waals surface area contributed by atoms with E-state index >= 15 is 0 Å². The molecule has 124 valence electrons. The lowest BCUT2D eigenvalue weighted by Crippen LogP contribution is -2.14. The Kier molecular flexibility index (Phi) is 3.89. The van der Waals surface area contributed by atoms with Crippen molar-refractivity contribution in [1.29, 1.82) is 0 Å². The molecular formula is C19H12F2N2OS. The van der Waals surface area contributed by atoms with Crippen LogP contribution in [-0.4, -0.2) is 10.9 Å². The van der Waals surface area contributed by atoms with Gasteiger partial charge in [-0.1, -0.05) is 53.8 Å². The van der Waals surface area contributed by atoms with Gasteiger partial charge in [-0.3, -0.25) is 4.79 Å². The van der Waals surface area contributed by atoms with E-state index in [1.54, 1.807) is 0 Å². The Morgan fingerprint density at radius 1 is 1.08 bits per heavy atom. The molecule has 4 aromatic rings. The Morgan fingerprint density at radius 2 is 1.88 bits per heavy atom. The molecule has 0 aliphatic rings. The summed E-state index contributed by atoms with van der Waals surface area (Å²) in [4.78, 5) is 16.4. The number of hydrogen-bond acceptors (Lipinski definition) is 3. The Hall–Kier alpha value is -2.86. The van der Waals surface area contributed by atoms with Gasteiger partial charge in [0.15, 0.2) is 10.9 Å². The zero-order valence-electron chi connectivity index (χ0n) is 12.9. The highest BCUT2D eigenvalue weighted by Crippen LogP contribution is 2.29. The first-order valence-electron chi connectivity index (χ1n) is 7.62. The molecule has 0 unspecified atom stereocenters. The molecule has 25 heavy (non-hydrogen) atoms. The third kappa shape index (κ3) is 3.08. The van der Waals surface area contributed by atoms with Crippen LogP contribution in [0.25, 0.3) is 21.0 Å². The van der Waals surface area contributed by atoms with E-state index in [1.807, 2.05) is 42.5 Å². The fraction of sp³-hybridized carbons (Fsp3) is 0.0526. The van der Waals surface area contributed by atoms with Gasteiger partial charge in [0.2, 0.25) is 5.91 Å². The second-order valence-corrected chi connectivity index (χ2v) is 6.65. The van der Waals surface area contributed by atoms with Crippen LogP contribution in [0.1, 0.15) is 5.56 Å². The van der Waals surface area contributed by atoms with E-state index in [0.29, 0.717) is 4.70 Å². The summed E-state index contributed by atoms with van der Waals surface area (Å²) in [5.41, 5.74) is 0.959. The van der Waals surface area contributed by atoms with Gasteiger partial charge in [0.25, 0.3) is 0 Å². The molecule has 3 nitrogen and oxygen atoms in total. The van der Waals surface area contributed by atoms with Crippen molar-refractivity contribution in [2.24, 2.45) is 0 Å². The van der Waals surface area contributed by atoms with Crippen LogP contribution in [0.3, 0.4) is 0 Å². The Labute approximate surface area is 145 Å². The summed E-state index contributed by atoms with van der Waals surface area (Å²) in [7, 11) is 0. The summed E-state index contributed by atoms with van der Waals surface area (Å²) >= 11 is 1.05. The van der Waals surface area contributed by atoms with Gasteiger partial charge in [0.05, 0.1) is 11.1 Å². The molecule has 0 saturated carbocycles. The first kappa shape index (κ1) is 15.7. The third-order valence-corrected chi connectivity index (χ3v) is 4.81. The van der Waals surface area contributed by atoms with Crippen LogP contribution in [0.2, 0.25) is 0 Å². The zero-order valence-corrected chi connectivity index (χ0v) is 13.7. The molecular weight excluding hydrogens is 342 g/mol. The van der Waals surface area contributed by atoms with Crippen molar-refractivity contribution in [1.82, 2.24) is 4.98 Å². The number of carbonyl (C=O) groups excluding carboxylic acids is 1. The Morgan fingerprint density at radius 3 is 2.76 bits per heavy atom. The van der Waals surface area contributed by atoms with Gasteiger partial charge >= 0.3 is 0 Å². The molecule has 0 atom stereocenters. The van der Waals surface area contributed by atoms with Crippen LogP contribution in [0.5, 0.6) is 0 Å². The van der Waals surface area contributed by atoms with Crippen LogP contribution in [-0.2, 0) is 11.2 Å². The van der Waals surface area contributed by atoms with Crippen LogP contribution in [0.15, 0.2) is 54.6 Å². The van der Waals surface area contributed by atoms with Gasteiger partial charge in [0.1, 0.15) is 11.3 Å². The summed E-state index contributed by atoms with van der Waals surface area (Å²) in [5.74, 6) is -1.65. The quantitative estimate of drug-likeness (QED) is 0.568. The summed E-state index contributed by atoms with van der Waals surface area (Å²) < 4.78 is 27.3. The van der Waals surface area contributed by atoms with Crippen LogP contribution >= 0.6 is 11.3 Å². The SMILES string of the molecule is O=C(Cc1cccc2ccccc12)Nc1nc2c(F)cc(F)cc2s1. The fourth-order valence-electron chi connectivity index (χ4n) is 2.79. The maximum absolute atomic E-state index is 13.7. The molecule has 3 aromatic carbocycles. The van der Waals surface area contributed by atoms with Crippen molar-refractivity contribution in [3.63, 3.8) is 0 Å². The number of nitrogens with zero attached hydrogens (tertiary/aromatic N) is 1. The maximum atomic E-state index is 13.7. The van der Waals surface area contributed by atoms with E-state index in [9.17, 15) is 13.6 Å². The lowest BCUT2D eigenvalue weighted by atomic mass is 10.0. The predicted molar refractivity (Wildman–Crippen MR) is 95.8 cm³/mol. The first-order valence-corrected chi connectivity index (χ1v) is 8.44. The summed E-state index contributed by atoms with van der Waals surface area (Å²) in [6.07, 6.45) is 0.175. The lowest BCUT2D eigenvalue weighted by Gasteiger charge is -2.06. The van der Waals surface area contributed by atoms with Gasteiger partial charge in [-0.25, -0.2) is 13.8 Å². The number of aromatic nitrogens is 1. The molecule has 1 aromatic heterocycles. The van der Waals surface area contributed by atoms with Crippen molar-refractivity contribution in [3.8, 4) is 0 Å². The number of amides is 1. The van der Waals surface area contributed by atoms with Crippen molar-refractivity contribution in [2.45, 2.75) is 6.42 Å². The molecule has 0 spiro atoms. The van der Waals surface area contributed by atoms with Crippen LogP contribution in [0.4, 0.5) is 13.9 Å². The number of hydrogen-bond donors (Lipinski definition) is 1. The molecule has 1 heterocycles. The highest BCUT2D eigenvalue weighted by atomic mass is 32.1. The zero-order chi connectivity index (χ0) is 17.4. The summed E-state index contributed by atoms with van der Waals surface area (Å²) in [6.45, 7) is 0. The molecule has 0 saturated heterocycles. The minimum atomic E-state index is -0.735. The molecule has 0 bridgehead atoms. The average Bonchev–Trinajstić information content (AvgIpc) is 2.97. The number of carbonyl (C=O) groups is 1. The summed E-state index contributed by atoms with van der Waals surface area (Å²) in [6, 6.07) is 15.6. The summed E-state index contributed by atoms with van der Waals surface area (Å²) in [5, 5.41) is 5.00. The highest BCUT2D eigenvalue weighted by Gasteiger charge is 2.13. The van der Waals surface area contributed by atoms with E-state index in [-0.39, 0.29) is 23.0 Å². The molecule has 4 rings (SSSR count). The smallest absolute Gasteiger partial charge is 0.230 e. The van der Waals surface area contributed by atoms with Crippen molar-refractivity contribution in [2.75, 3.05) is 5.32 Å². The van der Waals surface area contributed by atoms with Crippen LogP contribution < -0.4 is 5.32 Å². The Balaban J connectivity index is 1.59. The normalized spacial score (nSPS) is 11.1. The molecule has 6 heteroatoms. The van der Waals surface area contributed by atoms with Crippen LogP contribution in [0, 0.1) is 11.6 Å². The molecule has 1 amide bonds. The molecule has 1 N–H and O–H groups in total. The number of rotatable bonds is 3. The maximum Gasteiger partial charge on any atom is 0.230 e. The third-order valence-electron chi connectivity index (χ3n) is 3.89. The number of benzene rings is 3. The predicted octanol–water partition coefficient (Wildman–Crippen LogP) is 4.91. The number of thiazole rings is 1. The average molecular weight is 354 g/mol. The largest absolute Gasteiger partial charge is 0.302 e. The number of nitrogens with one attached hydrogen (secondary N) is 1. The Bertz CT molecular complexity index is 1100. The second kappa shape index (κ2) is 6.22. The van der Waals surface area contributed by atoms with Gasteiger partial charge in [-0.2, -0.15) is 0 Å². The monoisotopic (exact) mass is 354 g/mol. The van der Waals surface area contributed by atoms with E-state index in [0.717, 1.165) is 33.7 Å². The van der Waals surface area contributed by atoms with E-state index < -0.39 is 11.6 Å². The van der Waals surface area contributed by atoms with E-state index in [1.165, 1.54) is 6.07 Å². The van der Waals surface area contributed by atoms with Crippen molar-refractivity contribution in [3.05, 3.63) is 71.8 Å². The van der Waals surface area contributed by atoms with Gasteiger partial charge < -0.3 is 5.32 Å². The topological polar surface area (TPSA) is 42.0 Å². The van der Waals surface area contributed by atoms with E-state index in [2.05, 4.69) is 10.3 Å². The minimum Gasteiger partial charge on any atom is -0.302 e. The standard InChI is InChI=1S/C19H12F2N2OS/c20-13-9-15(21)18-16(10-13)25-19(23-18)22-17(24)8-12-6-3-5-11-4-1-2-7-14(11)12/h1-7,9-10H,8H2,(H,22,23,24). The van der Waals surface area contributed by atoms with Crippen molar-refractivity contribution >= 4 is 43.4 Å². The van der Waals surface area contributed by atoms with Gasteiger partial charge in [-0.05, 0) is 22.4 Å². The second-order valence-electron chi connectivity index (χ2n) is 5.62. The lowest BCUT2D eigenvalue weighted by molar-refractivity contribution is -0.115. The highest BCUT2D eigenvalue weighted by molar-refractivity contribution is 7.22. The number of anilines is 1. The van der Waals surface area contributed by atoms with E-state index in [4.69, 9.17) is 0 Å². The number of halogens is 2. The fourth-order valence-corrected chi connectivity index (χ4v) is 3.72.